The molecule has 0 aliphatic rings. The Bertz CT molecular complexity index is 556. The second-order valence-electron chi connectivity index (χ2n) is 3.19. The van der Waals surface area contributed by atoms with Crippen molar-refractivity contribution < 1.29 is 0 Å². The summed E-state index contributed by atoms with van der Waals surface area (Å²) in [5.74, 6) is 0.559. The second kappa shape index (κ2) is 5.04. The number of rotatable bonds is 3. The summed E-state index contributed by atoms with van der Waals surface area (Å²) < 4.78 is 0. The molecule has 1 aromatic heterocycles. The van der Waals surface area contributed by atoms with Gasteiger partial charge in [0.1, 0.15) is 6.07 Å². The lowest BCUT2D eigenvalue weighted by molar-refractivity contribution is 1.34. The van der Waals surface area contributed by atoms with Gasteiger partial charge in [-0.25, -0.2) is 4.98 Å². The number of benzene rings is 1. The third kappa shape index (κ3) is 2.67. The minimum absolute atomic E-state index is 0.546. The van der Waals surface area contributed by atoms with Gasteiger partial charge in [-0.15, -0.1) is 0 Å². The standard InChI is InChI=1S/C11H9ClN4S/c1-14-11-16-10(9(6-13)17-11)15-8-4-2-7(12)3-5-8/h2-5,15H,1H3,(H,14,16). The van der Waals surface area contributed by atoms with E-state index in [2.05, 4.69) is 21.7 Å². The summed E-state index contributed by atoms with van der Waals surface area (Å²) in [6.45, 7) is 0. The van der Waals surface area contributed by atoms with Crippen molar-refractivity contribution in [3.8, 4) is 6.07 Å². The van der Waals surface area contributed by atoms with Crippen LogP contribution in [0.1, 0.15) is 4.88 Å². The number of nitriles is 1. The summed E-state index contributed by atoms with van der Waals surface area (Å²) in [6, 6.07) is 9.34. The van der Waals surface area contributed by atoms with Crippen molar-refractivity contribution in [2.75, 3.05) is 17.7 Å². The minimum atomic E-state index is 0.546. The molecule has 0 spiro atoms. The van der Waals surface area contributed by atoms with Crippen LogP contribution in [0.2, 0.25) is 5.02 Å². The summed E-state index contributed by atoms with van der Waals surface area (Å²) in [5, 5.41) is 16.4. The fraction of sp³-hybridized carbons (Fsp3) is 0.0909. The Hall–Kier alpha value is -1.77. The summed E-state index contributed by atoms with van der Waals surface area (Å²) in [7, 11) is 1.77. The van der Waals surface area contributed by atoms with Crippen LogP contribution in [0.3, 0.4) is 0 Å². The van der Waals surface area contributed by atoms with Crippen molar-refractivity contribution in [1.29, 1.82) is 5.26 Å². The molecule has 0 radical (unpaired) electrons. The molecule has 0 amide bonds. The summed E-state index contributed by atoms with van der Waals surface area (Å²) in [6.07, 6.45) is 0. The zero-order valence-corrected chi connectivity index (χ0v) is 10.6. The summed E-state index contributed by atoms with van der Waals surface area (Å²) in [5.41, 5.74) is 0.846. The van der Waals surface area contributed by atoms with E-state index >= 15 is 0 Å². The van der Waals surface area contributed by atoms with E-state index in [1.807, 2.05) is 12.1 Å². The lowest BCUT2D eigenvalue weighted by Crippen LogP contribution is -1.93. The highest BCUT2D eigenvalue weighted by Crippen LogP contribution is 2.28. The minimum Gasteiger partial charge on any atom is -0.364 e. The monoisotopic (exact) mass is 264 g/mol. The van der Waals surface area contributed by atoms with Crippen LogP contribution < -0.4 is 10.6 Å². The van der Waals surface area contributed by atoms with E-state index < -0.39 is 0 Å². The number of thiazole rings is 1. The molecule has 1 aromatic carbocycles. The normalized spacial score (nSPS) is 9.71. The highest BCUT2D eigenvalue weighted by atomic mass is 35.5. The number of aromatic nitrogens is 1. The van der Waals surface area contributed by atoms with Gasteiger partial charge in [-0.3, -0.25) is 0 Å². The molecule has 0 fully saturated rings. The highest BCUT2D eigenvalue weighted by molar-refractivity contribution is 7.16. The molecule has 0 bridgehead atoms. The first-order valence-electron chi connectivity index (χ1n) is 4.84. The summed E-state index contributed by atoms with van der Waals surface area (Å²) >= 11 is 7.11. The molecule has 86 valence electrons. The molecule has 2 rings (SSSR count). The van der Waals surface area contributed by atoms with Gasteiger partial charge in [-0.05, 0) is 24.3 Å². The number of halogens is 1. The molecule has 6 heteroatoms. The Morgan fingerprint density at radius 1 is 1.35 bits per heavy atom. The van der Waals surface area contributed by atoms with Crippen LogP contribution in [0.4, 0.5) is 16.6 Å². The van der Waals surface area contributed by atoms with Crippen molar-refractivity contribution >= 4 is 39.6 Å². The molecule has 0 saturated carbocycles. The fourth-order valence-corrected chi connectivity index (χ4v) is 2.05. The van der Waals surface area contributed by atoms with Gasteiger partial charge in [0.25, 0.3) is 0 Å². The van der Waals surface area contributed by atoms with Crippen LogP contribution in [-0.2, 0) is 0 Å². The van der Waals surface area contributed by atoms with Gasteiger partial charge in [-0.2, -0.15) is 5.26 Å². The Morgan fingerprint density at radius 3 is 2.65 bits per heavy atom. The molecule has 2 aromatic rings. The smallest absolute Gasteiger partial charge is 0.185 e. The number of anilines is 3. The first-order valence-corrected chi connectivity index (χ1v) is 6.03. The molecule has 0 aliphatic carbocycles. The van der Waals surface area contributed by atoms with Gasteiger partial charge in [0, 0.05) is 17.8 Å². The summed E-state index contributed by atoms with van der Waals surface area (Å²) in [4.78, 5) is 4.80. The lowest BCUT2D eigenvalue weighted by atomic mass is 10.3. The largest absolute Gasteiger partial charge is 0.364 e. The number of hydrogen-bond donors (Lipinski definition) is 2. The van der Waals surface area contributed by atoms with E-state index in [4.69, 9.17) is 16.9 Å². The van der Waals surface area contributed by atoms with Crippen LogP contribution in [0.25, 0.3) is 0 Å². The topological polar surface area (TPSA) is 60.7 Å². The van der Waals surface area contributed by atoms with Crippen LogP contribution in [-0.4, -0.2) is 12.0 Å². The molecule has 1 heterocycles. The van der Waals surface area contributed by atoms with Crippen molar-refractivity contribution in [2.24, 2.45) is 0 Å². The average molecular weight is 265 g/mol. The van der Waals surface area contributed by atoms with E-state index in [-0.39, 0.29) is 0 Å². The van der Waals surface area contributed by atoms with Crippen LogP contribution in [0.15, 0.2) is 24.3 Å². The number of nitrogens with one attached hydrogen (secondary N) is 2. The lowest BCUT2D eigenvalue weighted by Gasteiger charge is -2.02. The van der Waals surface area contributed by atoms with E-state index in [1.165, 1.54) is 11.3 Å². The van der Waals surface area contributed by atoms with E-state index in [0.29, 0.717) is 20.8 Å². The van der Waals surface area contributed by atoms with Gasteiger partial charge < -0.3 is 10.6 Å². The zero-order chi connectivity index (χ0) is 12.3. The number of hydrogen-bond acceptors (Lipinski definition) is 5. The zero-order valence-electron chi connectivity index (χ0n) is 8.99. The molecule has 4 nitrogen and oxygen atoms in total. The first-order chi connectivity index (χ1) is 8.22. The third-order valence-electron chi connectivity index (χ3n) is 2.05. The molecular weight excluding hydrogens is 256 g/mol. The Morgan fingerprint density at radius 2 is 2.06 bits per heavy atom. The fourth-order valence-electron chi connectivity index (χ4n) is 1.26. The van der Waals surface area contributed by atoms with Crippen molar-refractivity contribution in [1.82, 2.24) is 4.98 Å². The predicted octanol–water partition coefficient (Wildman–Crippen LogP) is 3.45. The van der Waals surface area contributed by atoms with Gasteiger partial charge in [0.2, 0.25) is 0 Å². The van der Waals surface area contributed by atoms with Crippen LogP contribution in [0, 0.1) is 11.3 Å². The maximum absolute atomic E-state index is 8.98. The van der Waals surface area contributed by atoms with E-state index in [1.54, 1.807) is 19.2 Å². The van der Waals surface area contributed by atoms with Gasteiger partial charge in [0.15, 0.2) is 15.8 Å². The van der Waals surface area contributed by atoms with Crippen LogP contribution in [0.5, 0.6) is 0 Å². The third-order valence-corrected chi connectivity index (χ3v) is 3.28. The van der Waals surface area contributed by atoms with Gasteiger partial charge >= 0.3 is 0 Å². The Labute approximate surface area is 108 Å². The van der Waals surface area contributed by atoms with Crippen LogP contribution >= 0.6 is 22.9 Å². The predicted molar refractivity (Wildman–Crippen MR) is 71.1 cm³/mol. The maximum atomic E-state index is 8.98. The Kier molecular flexibility index (Phi) is 3.47. The molecule has 2 N–H and O–H groups in total. The van der Waals surface area contributed by atoms with E-state index in [9.17, 15) is 0 Å². The molecule has 0 atom stereocenters. The SMILES string of the molecule is CNc1nc(Nc2ccc(Cl)cc2)c(C#N)s1. The molecule has 0 unspecified atom stereocenters. The van der Waals surface area contributed by atoms with E-state index in [0.717, 1.165) is 5.69 Å². The Balaban J connectivity index is 2.26. The molecular formula is C11H9ClN4S. The molecule has 0 aliphatic heterocycles. The maximum Gasteiger partial charge on any atom is 0.185 e. The quantitative estimate of drug-likeness (QED) is 0.891. The van der Waals surface area contributed by atoms with Crippen molar-refractivity contribution in [3.63, 3.8) is 0 Å². The van der Waals surface area contributed by atoms with Crippen molar-refractivity contribution in [3.05, 3.63) is 34.2 Å². The molecule has 0 saturated heterocycles. The highest BCUT2D eigenvalue weighted by Gasteiger charge is 2.09. The van der Waals surface area contributed by atoms with Gasteiger partial charge in [-0.1, -0.05) is 22.9 Å². The first kappa shape index (κ1) is 11.7. The second-order valence-corrected chi connectivity index (χ2v) is 4.63. The van der Waals surface area contributed by atoms with Gasteiger partial charge in [0.05, 0.1) is 0 Å². The van der Waals surface area contributed by atoms with Crippen molar-refractivity contribution in [2.45, 2.75) is 0 Å². The average Bonchev–Trinajstić information content (AvgIpc) is 2.74. The molecule has 17 heavy (non-hydrogen) atoms. The number of nitrogens with zero attached hydrogens (tertiary/aromatic N) is 2.